The second-order valence-corrected chi connectivity index (χ2v) is 8.25. The number of Topliss-reactive ketones (excluding diaryl/α,β-unsaturated/α-hetero) is 1. The average molecular weight is 440 g/mol. The minimum Gasteiger partial charge on any atom is -0.490 e. The molecule has 1 aromatic heterocycles. The van der Waals surface area contributed by atoms with Crippen LogP contribution in [0.5, 0.6) is 11.5 Å². The molecule has 2 heterocycles. The van der Waals surface area contributed by atoms with Crippen LogP contribution in [0.25, 0.3) is 10.9 Å². The fourth-order valence-electron chi connectivity index (χ4n) is 4.22. The van der Waals surface area contributed by atoms with E-state index in [-0.39, 0.29) is 18.1 Å². The third-order valence-electron chi connectivity index (χ3n) is 5.92. The largest absolute Gasteiger partial charge is 0.490 e. The predicted octanol–water partition coefficient (Wildman–Crippen LogP) is 5.24. The molecule has 166 valence electrons. The van der Waals surface area contributed by atoms with Crippen molar-refractivity contribution in [2.75, 3.05) is 13.2 Å². The van der Waals surface area contributed by atoms with E-state index in [9.17, 15) is 9.59 Å². The highest BCUT2D eigenvalue weighted by molar-refractivity contribution is 6.16. The van der Waals surface area contributed by atoms with Gasteiger partial charge in [0.25, 0.3) is 0 Å². The summed E-state index contributed by atoms with van der Waals surface area (Å²) in [5.41, 5.74) is 3.19. The summed E-state index contributed by atoms with van der Waals surface area (Å²) < 4.78 is 13.3. The quantitative estimate of drug-likeness (QED) is 0.370. The third kappa shape index (κ3) is 4.53. The lowest BCUT2D eigenvalue weighted by Gasteiger charge is -2.09. The summed E-state index contributed by atoms with van der Waals surface area (Å²) in [6.07, 6.45) is 3.71. The molecule has 5 nitrogen and oxygen atoms in total. The van der Waals surface area contributed by atoms with Crippen molar-refractivity contribution in [2.24, 2.45) is 0 Å². The first-order chi connectivity index (χ1) is 16.2. The smallest absolute Gasteiger partial charge is 0.195 e. The van der Waals surface area contributed by atoms with Gasteiger partial charge < -0.3 is 14.0 Å². The Kier molecular flexibility index (Phi) is 5.94. The highest BCUT2D eigenvalue weighted by atomic mass is 16.5. The van der Waals surface area contributed by atoms with Crippen molar-refractivity contribution in [3.8, 4) is 11.5 Å². The Bertz CT molecular complexity index is 1310. The van der Waals surface area contributed by atoms with Gasteiger partial charge in [-0.25, -0.2) is 0 Å². The van der Waals surface area contributed by atoms with E-state index in [0.29, 0.717) is 37.2 Å². The van der Waals surface area contributed by atoms with Crippen LogP contribution in [0.3, 0.4) is 0 Å². The molecule has 0 radical (unpaired) electrons. The Morgan fingerprint density at radius 1 is 0.848 bits per heavy atom. The van der Waals surface area contributed by atoms with Crippen molar-refractivity contribution < 1.29 is 19.1 Å². The zero-order valence-corrected chi connectivity index (χ0v) is 18.3. The molecule has 0 aliphatic carbocycles. The summed E-state index contributed by atoms with van der Waals surface area (Å²) in [5.74, 6) is 1.58. The number of hydrogen-bond donors (Lipinski definition) is 0. The fourth-order valence-corrected chi connectivity index (χ4v) is 4.22. The van der Waals surface area contributed by atoms with E-state index in [1.807, 2.05) is 83.6 Å². The standard InChI is InChI=1S/C28H25NO4/c30-22(13-11-20-12-14-26-27(17-20)33-16-6-15-32-26)18-29-19-24(23-9-4-5-10-25(23)29)28(31)21-7-2-1-3-8-21/h1-5,7-10,12,14,17,19H,6,11,13,15-16,18H2. The Labute approximate surface area is 192 Å². The lowest BCUT2D eigenvalue weighted by molar-refractivity contribution is -0.119. The molecular formula is C28H25NO4. The maximum atomic E-state index is 13.1. The number of ether oxygens (including phenoxy) is 2. The van der Waals surface area contributed by atoms with Crippen molar-refractivity contribution >= 4 is 22.5 Å². The highest BCUT2D eigenvalue weighted by Crippen LogP contribution is 2.31. The number of benzene rings is 3. The van der Waals surface area contributed by atoms with E-state index in [0.717, 1.165) is 34.4 Å². The molecule has 0 unspecified atom stereocenters. The number of para-hydroxylation sites is 1. The lowest BCUT2D eigenvalue weighted by atomic mass is 10.0. The van der Waals surface area contributed by atoms with Crippen LogP contribution in [0.1, 0.15) is 34.3 Å². The summed E-state index contributed by atoms with van der Waals surface area (Å²) in [4.78, 5) is 26.0. The zero-order valence-electron chi connectivity index (χ0n) is 18.3. The minimum absolute atomic E-state index is 0.0369. The molecule has 0 N–H and O–H groups in total. The van der Waals surface area contributed by atoms with Gasteiger partial charge in [0, 0.05) is 41.1 Å². The van der Waals surface area contributed by atoms with E-state index in [2.05, 4.69) is 0 Å². The van der Waals surface area contributed by atoms with E-state index in [1.165, 1.54) is 0 Å². The number of carbonyl (C=O) groups excluding carboxylic acids is 2. The molecule has 1 aliphatic rings. The monoisotopic (exact) mass is 439 g/mol. The predicted molar refractivity (Wildman–Crippen MR) is 127 cm³/mol. The van der Waals surface area contributed by atoms with Crippen LogP contribution in [0.2, 0.25) is 0 Å². The molecule has 0 saturated carbocycles. The first-order valence-corrected chi connectivity index (χ1v) is 11.3. The van der Waals surface area contributed by atoms with Crippen LogP contribution in [0, 0.1) is 0 Å². The van der Waals surface area contributed by atoms with Gasteiger partial charge in [0.2, 0.25) is 0 Å². The Morgan fingerprint density at radius 2 is 1.61 bits per heavy atom. The van der Waals surface area contributed by atoms with E-state index in [4.69, 9.17) is 9.47 Å². The number of fused-ring (bicyclic) bond motifs is 2. The number of carbonyl (C=O) groups is 2. The van der Waals surface area contributed by atoms with Crippen LogP contribution in [-0.4, -0.2) is 29.3 Å². The highest BCUT2D eigenvalue weighted by Gasteiger charge is 2.18. The van der Waals surface area contributed by atoms with Crippen LogP contribution < -0.4 is 9.47 Å². The van der Waals surface area contributed by atoms with E-state index < -0.39 is 0 Å². The zero-order chi connectivity index (χ0) is 22.6. The number of hydrogen-bond acceptors (Lipinski definition) is 4. The summed E-state index contributed by atoms with van der Waals surface area (Å²) in [7, 11) is 0. The lowest BCUT2D eigenvalue weighted by Crippen LogP contribution is -2.10. The third-order valence-corrected chi connectivity index (χ3v) is 5.92. The number of aromatic nitrogens is 1. The van der Waals surface area contributed by atoms with Crippen molar-refractivity contribution in [3.63, 3.8) is 0 Å². The Hall–Kier alpha value is -3.86. The molecule has 0 spiro atoms. The van der Waals surface area contributed by atoms with E-state index in [1.54, 1.807) is 0 Å². The van der Waals surface area contributed by atoms with Crippen LogP contribution in [-0.2, 0) is 17.8 Å². The SMILES string of the molecule is O=C(CCc1ccc2c(c1)OCCCO2)Cn1cc(C(=O)c2ccccc2)c2ccccc21. The van der Waals surface area contributed by atoms with Crippen molar-refractivity contribution in [1.82, 2.24) is 4.57 Å². The second-order valence-electron chi connectivity index (χ2n) is 8.25. The summed E-state index contributed by atoms with van der Waals surface area (Å²) in [6.45, 7) is 1.53. The van der Waals surface area contributed by atoms with Gasteiger partial charge in [-0.05, 0) is 30.2 Å². The normalized spacial score (nSPS) is 13.0. The first-order valence-electron chi connectivity index (χ1n) is 11.3. The molecule has 5 rings (SSSR count). The number of rotatable bonds is 7. The molecule has 1 aliphatic heterocycles. The molecule has 0 atom stereocenters. The number of nitrogens with zero attached hydrogens (tertiary/aromatic N) is 1. The maximum Gasteiger partial charge on any atom is 0.195 e. The molecule has 0 bridgehead atoms. The summed E-state index contributed by atoms with van der Waals surface area (Å²) in [6, 6.07) is 22.8. The van der Waals surface area contributed by atoms with Gasteiger partial charge >= 0.3 is 0 Å². The van der Waals surface area contributed by atoms with Gasteiger partial charge in [0.1, 0.15) is 0 Å². The molecule has 33 heavy (non-hydrogen) atoms. The number of aryl methyl sites for hydroxylation is 1. The summed E-state index contributed by atoms with van der Waals surface area (Å²) in [5, 5.41) is 0.863. The average Bonchev–Trinajstić information content (AvgIpc) is 3.04. The summed E-state index contributed by atoms with van der Waals surface area (Å²) >= 11 is 0. The van der Waals surface area contributed by atoms with Gasteiger partial charge in [0.05, 0.1) is 19.8 Å². The molecule has 5 heteroatoms. The first kappa shape index (κ1) is 21.0. The van der Waals surface area contributed by atoms with E-state index >= 15 is 0 Å². The Morgan fingerprint density at radius 3 is 2.45 bits per heavy atom. The van der Waals surface area contributed by atoms with Crippen molar-refractivity contribution in [1.29, 1.82) is 0 Å². The van der Waals surface area contributed by atoms with Gasteiger partial charge in [-0.2, -0.15) is 0 Å². The number of ketones is 2. The maximum absolute atomic E-state index is 13.1. The molecule has 0 fully saturated rings. The van der Waals surface area contributed by atoms with Crippen LogP contribution >= 0.6 is 0 Å². The van der Waals surface area contributed by atoms with Gasteiger partial charge in [-0.15, -0.1) is 0 Å². The second kappa shape index (κ2) is 9.33. The van der Waals surface area contributed by atoms with Crippen molar-refractivity contribution in [3.05, 3.63) is 95.7 Å². The molecule has 0 amide bonds. The molecule has 4 aromatic rings. The van der Waals surface area contributed by atoms with Crippen LogP contribution in [0.4, 0.5) is 0 Å². The molecular weight excluding hydrogens is 414 g/mol. The van der Waals surface area contributed by atoms with Gasteiger partial charge in [-0.1, -0.05) is 54.6 Å². The van der Waals surface area contributed by atoms with Gasteiger partial charge in [-0.3, -0.25) is 9.59 Å². The molecule has 3 aromatic carbocycles. The van der Waals surface area contributed by atoms with Crippen molar-refractivity contribution in [2.45, 2.75) is 25.8 Å². The molecule has 0 saturated heterocycles. The van der Waals surface area contributed by atoms with Crippen LogP contribution in [0.15, 0.2) is 79.0 Å². The van der Waals surface area contributed by atoms with Gasteiger partial charge in [0.15, 0.2) is 23.1 Å². The fraction of sp³-hybridized carbons (Fsp3) is 0.214. The topological polar surface area (TPSA) is 57.5 Å². The minimum atomic E-state index is -0.0369. The Balaban J connectivity index is 1.32.